The van der Waals surface area contributed by atoms with Gasteiger partial charge < -0.3 is 5.73 Å². The largest absolute Gasteiger partial charge is 0.322 e. The van der Waals surface area contributed by atoms with Crippen LogP contribution >= 0.6 is 0 Å². The average molecular weight is 340 g/mol. The molecule has 1 heterocycles. The Morgan fingerprint density at radius 3 is 2.60 bits per heavy atom. The van der Waals surface area contributed by atoms with Crippen LogP contribution in [0.1, 0.15) is 36.3 Å². The Bertz CT molecular complexity index is 1050. The molecule has 0 aliphatic rings. The topological polar surface area (TPSA) is 84.7 Å². The summed E-state index contributed by atoms with van der Waals surface area (Å²) in [6, 6.07) is 11.8. The van der Waals surface area contributed by atoms with Gasteiger partial charge in [-0.15, -0.1) is 0 Å². The molecule has 2 aromatic carbocycles. The van der Waals surface area contributed by atoms with E-state index in [9.17, 15) is 13.6 Å². The molecule has 25 heavy (non-hydrogen) atoms. The van der Waals surface area contributed by atoms with Gasteiger partial charge in [-0.25, -0.2) is 13.8 Å². The molecule has 126 valence electrons. The predicted octanol–water partition coefficient (Wildman–Crippen LogP) is 3.21. The Morgan fingerprint density at radius 2 is 1.96 bits per heavy atom. The van der Waals surface area contributed by atoms with Gasteiger partial charge in [-0.05, 0) is 31.2 Å². The van der Waals surface area contributed by atoms with Crippen LogP contribution in [0.5, 0.6) is 0 Å². The maximum absolute atomic E-state index is 13.3. The zero-order chi connectivity index (χ0) is 18.1. The van der Waals surface area contributed by atoms with Crippen molar-refractivity contribution in [1.29, 1.82) is 5.26 Å². The summed E-state index contributed by atoms with van der Waals surface area (Å²) in [7, 11) is 0. The third-order valence-corrected chi connectivity index (χ3v) is 3.83. The molecule has 0 radical (unpaired) electrons. The van der Waals surface area contributed by atoms with E-state index in [1.807, 2.05) is 6.07 Å². The van der Waals surface area contributed by atoms with Gasteiger partial charge in [0, 0.05) is 5.56 Å². The molecular formula is C18H14F2N4O. The fourth-order valence-corrected chi connectivity index (χ4v) is 2.72. The van der Waals surface area contributed by atoms with Crippen molar-refractivity contribution in [1.82, 2.24) is 9.55 Å². The summed E-state index contributed by atoms with van der Waals surface area (Å²) in [5.41, 5.74) is 5.79. The maximum atomic E-state index is 13.3. The zero-order valence-electron chi connectivity index (χ0n) is 13.3. The molecule has 5 nitrogen and oxygen atoms in total. The van der Waals surface area contributed by atoms with Crippen LogP contribution < -0.4 is 11.3 Å². The third kappa shape index (κ3) is 2.88. The lowest BCUT2D eigenvalue weighted by Crippen LogP contribution is -2.28. The van der Waals surface area contributed by atoms with Crippen molar-refractivity contribution in [2.24, 2.45) is 5.73 Å². The molecule has 0 fully saturated rings. The van der Waals surface area contributed by atoms with E-state index in [4.69, 9.17) is 11.0 Å². The summed E-state index contributed by atoms with van der Waals surface area (Å²) in [4.78, 5) is 17.4. The number of fused-ring (bicyclic) bond motifs is 1. The summed E-state index contributed by atoms with van der Waals surface area (Å²) in [5.74, 6) is 0.235. The van der Waals surface area contributed by atoms with Crippen molar-refractivity contribution in [3.8, 4) is 11.8 Å². The molecule has 0 saturated heterocycles. The van der Waals surface area contributed by atoms with Crippen LogP contribution in [0.3, 0.4) is 0 Å². The van der Waals surface area contributed by atoms with Crippen molar-refractivity contribution in [2.75, 3.05) is 0 Å². The molecule has 0 saturated carbocycles. The fourth-order valence-electron chi connectivity index (χ4n) is 2.72. The SMILES string of the molecule is CC(N)c1nc2cccc(C(F)F)c2c(=O)n1-c1cccc(C#N)c1. The summed E-state index contributed by atoms with van der Waals surface area (Å²) in [6.45, 7) is 1.65. The maximum Gasteiger partial charge on any atom is 0.266 e. The second-order valence-electron chi connectivity index (χ2n) is 5.60. The molecule has 1 unspecified atom stereocenters. The van der Waals surface area contributed by atoms with E-state index in [2.05, 4.69) is 4.98 Å². The number of rotatable bonds is 3. The second kappa shape index (κ2) is 6.42. The molecule has 2 N–H and O–H groups in total. The van der Waals surface area contributed by atoms with E-state index in [1.54, 1.807) is 25.1 Å². The number of nitrogens with two attached hydrogens (primary N) is 1. The van der Waals surface area contributed by atoms with Gasteiger partial charge in [0.05, 0.1) is 34.3 Å². The van der Waals surface area contributed by atoms with Crippen molar-refractivity contribution < 1.29 is 8.78 Å². The Labute approximate surface area is 142 Å². The molecule has 3 rings (SSSR count). The molecule has 7 heteroatoms. The van der Waals surface area contributed by atoms with E-state index >= 15 is 0 Å². The number of alkyl halides is 2. The molecule has 0 spiro atoms. The van der Waals surface area contributed by atoms with Crippen LogP contribution in [-0.2, 0) is 0 Å². The summed E-state index contributed by atoms with van der Waals surface area (Å²) in [6.07, 6.45) is -2.81. The lowest BCUT2D eigenvalue weighted by atomic mass is 10.1. The molecule has 3 aromatic rings. The first-order valence-corrected chi connectivity index (χ1v) is 7.54. The summed E-state index contributed by atoms with van der Waals surface area (Å²) in [5, 5.41) is 8.92. The number of nitrogens with zero attached hydrogens (tertiary/aromatic N) is 3. The Morgan fingerprint density at radius 1 is 1.24 bits per heavy atom. The lowest BCUT2D eigenvalue weighted by molar-refractivity contribution is 0.153. The van der Waals surface area contributed by atoms with E-state index in [1.165, 1.54) is 28.8 Å². The lowest BCUT2D eigenvalue weighted by Gasteiger charge is -2.17. The van der Waals surface area contributed by atoms with Crippen molar-refractivity contribution >= 4 is 10.9 Å². The van der Waals surface area contributed by atoms with Crippen LogP contribution in [0, 0.1) is 11.3 Å². The number of halogens is 2. The number of nitriles is 1. The quantitative estimate of drug-likeness (QED) is 0.793. The Kier molecular flexibility index (Phi) is 4.30. The molecule has 0 aliphatic carbocycles. The van der Waals surface area contributed by atoms with E-state index in [-0.39, 0.29) is 22.3 Å². The molecule has 0 aliphatic heterocycles. The minimum atomic E-state index is -2.81. The van der Waals surface area contributed by atoms with Crippen LogP contribution in [0.2, 0.25) is 0 Å². The first-order chi connectivity index (χ1) is 11.9. The molecule has 0 amide bonds. The summed E-state index contributed by atoms with van der Waals surface area (Å²) < 4.78 is 27.9. The monoisotopic (exact) mass is 340 g/mol. The second-order valence-corrected chi connectivity index (χ2v) is 5.60. The highest BCUT2D eigenvalue weighted by Gasteiger charge is 2.20. The highest BCUT2D eigenvalue weighted by atomic mass is 19.3. The van der Waals surface area contributed by atoms with E-state index < -0.39 is 18.0 Å². The van der Waals surface area contributed by atoms with Gasteiger partial charge in [-0.1, -0.05) is 18.2 Å². The van der Waals surface area contributed by atoms with Crippen LogP contribution in [-0.4, -0.2) is 9.55 Å². The van der Waals surface area contributed by atoms with Gasteiger partial charge in [-0.3, -0.25) is 9.36 Å². The van der Waals surface area contributed by atoms with Gasteiger partial charge in [0.1, 0.15) is 5.82 Å². The molecule has 1 aromatic heterocycles. The van der Waals surface area contributed by atoms with E-state index in [0.717, 1.165) is 0 Å². The normalized spacial score (nSPS) is 12.3. The van der Waals surface area contributed by atoms with Crippen molar-refractivity contribution in [3.05, 3.63) is 69.8 Å². The summed E-state index contributed by atoms with van der Waals surface area (Å²) >= 11 is 0. The standard InChI is InChI=1S/C18H14F2N4O/c1-10(22)17-23-14-7-3-6-13(16(19)20)15(14)18(25)24(17)12-5-2-4-11(8-12)9-21/h2-8,10,16H,22H2,1H3. The van der Waals surface area contributed by atoms with Gasteiger partial charge >= 0.3 is 0 Å². The average Bonchev–Trinajstić information content (AvgIpc) is 2.60. The minimum Gasteiger partial charge on any atom is -0.322 e. The van der Waals surface area contributed by atoms with Gasteiger partial charge in [0.25, 0.3) is 12.0 Å². The van der Waals surface area contributed by atoms with Gasteiger partial charge in [0.2, 0.25) is 0 Å². The Hall–Kier alpha value is -3.11. The highest BCUT2D eigenvalue weighted by molar-refractivity contribution is 5.82. The van der Waals surface area contributed by atoms with Gasteiger partial charge in [-0.2, -0.15) is 5.26 Å². The molecule has 1 atom stereocenters. The first kappa shape index (κ1) is 16.7. The van der Waals surface area contributed by atoms with Crippen molar-refractivity contribution in [3.63, 3.8) is 0 Å². The molecule has 0 bridgehead atoms. The minimum absolute atomic E-state index is 0.149. The Balaban J connectivity index is 2.46. The molecular weight excluding hydrogens is 326 g/mol. The number of benzene rings is 2. The fraction of sp³-hybridized carbons (Fsp3) is 0.167. The highest BCUT2D eigenvalue weighted by Crippen LogP contribution is 2.26. The first-order valence-electron chi connectivity index (χ1n) is 7.54. The van der Waals surface area contributed by atoms with Crippen LogP contribution in [0.25, 0.3) is 16.6 Å². The predicted molar refractivity (Wildman–Crippen MR) is 89.6 cm³/mol. The number of hydrogen-bond donors (Lipinski definition) is 1. The third-order valence-electron chi connectivity index (χ3n) is 3.83. The smallest absolute Gasteiger partial charge is 0.266 e. The van der Waals surface area contributed by atoms with Crippen LogP contribution in [0.4, 0.5) is 8.78 Å². The number of hydrogen-bond acceptors (Lipinski definition) is 4. The van der Waals surface area contributed by atoms with E-state index in [0.29, 0.717) is 11.3 Å². The van der Waals surface area contributed by atoms with Crippen LogP contribution in [0.15, 0.2) is 47.3 Å². The van der Waals surface area contributed by atoms with Crippen molar-refractivity contribution in [2.45, 2.75) is 19.4 Å². The zero-order valence-corrected chi connectivity index (χ0v) is 13.3. The van der Waals surface area contributed by atoms with Gasteiger partial charge in [0.15, 0.2) is 0 Å². The number of aromatic nitrogens is 2.